The van der Waals surface area contributed by atoms with Gasteiger partial charge in [-0.3, -0.25) is 0 Å². The van der Waals surface area contributed by atoms with Gasteiger partial charge < -0.3 is 5.32 Å². The van der Waals surface area contributed by atoms with Crippen molar-refractivity contribution in [2.45, 2.75) is 25.7 Å². The first-order valence-electron chi connectivity index (χ1n) is 6.37. The molecule has 2 nitrogen and oxygen atoms in total. The van der Waals surface area contributed by atoms with Gasteiger partial charge in [0.05, 0.1) is 10.7 Å². The lowest BCUT2D eigenvalue weighted by Gasteiger charge is -2.44. The van der Waals surface area contributed by atoms with E-state index in [0.717, 1.165) is 24.5 Å². The highest BCUT2D eigenvalue weighted by atomic mass is 32.1. The highest BCUT2D eigenvalue weighted by molar-refractivity contribution is 7.09. The van der Waals surface area contributed by atoms with Crippen LogP contribution < -0.4 is 5.32 Å². The third-order valence-electron chi connectivity index (χ3n) is 3.83. The minimum Gasteiger partial charge on any atom is -0.315 e. The highest BCUT2D eigenvalue weighted by Crippen LogP contribution is 2.34. The average Bonchev–Trinajstić information content (AvgIpc) is 2.71. The second-order valence-electron chi connectivity index (χ2n) is 5.23. The number of nitrogens with one attached hydrogen (secondary N) is 1. The molecule has 0 saturated carbocycles. The van der Waals surface area contributed by atoms with E-state index in [4.69, 9.17) is 0 Å². The number of aryl methyl sites for hydroxylation is 2. The van der Waals surface area contributed by atoms with Crippen molar-refractivity contribution in [3.63, 3.8) is 0 Å². The summed E-state index contributed by atoms with van der Waals surface area (Å²) in [7, 11) is 0. The molecule has 94 valence electrons. The van der Waals surface area contributed by atoms with Gasteiger partial charge in [0.2, 0.25) is 0 Å². The molecule has 1 aliphatic heterocycles. The van der Waals surface area contributed by atoms with E-state index in [9.17, 15) is 0 Å². The summed E-state index contributed by atoms with van der Waals surface area (Å²) in [4.78, 5) is 4.62. The summed E-state index contributed by atoms with van der Waals surface area (Å²) < 4.78 is 0. The average molecular weight is 258 g/mol. The van der Waals surface area contributed by atoms with Crippen LogP contribution in [0, 0.1) is 13.8 Å². The summed E-state index contributed by atoms with van der Waals surface area (Å²) in [6.45, 7) is 6.41. The Morgan fingerprint density at radius 2 is 2.06 bits per heavy atom. The Bertz CT molecular complexity index is 555. The van der Waals surface area contributed by atoms with E-state index in [1.807, 2.05) is 0 Å². The molecule has 0 unspecified atom stereocenters. The van der Waals surface area contributed by atoms with Gasteiger partial charge in [-0.15, -0.1) is 11.3 Å². The second-order valence-corrected chi connectivity index (χ2v) is 6.30. The summed E-state index contributed by atoms with van der Waals surface area (Å²) >= 11 is 1.75. The van der Waals surface area contributed by atoms with Crippen LogP contribution in [-0.2, 0) is 11.8 Å². The molecule has 1 aromatic carbocycles. The van der Waals surface area contributed by atoms with Gasteiger partial charge in [-0.1, -0.05) is 24.3 Å². The fourth-order valence-corrected chi connectivity index (χ4v) is 3.45. The second kappa shape index (κ2) is 4.48. The molecular formula is C15H18N2S. The zero-order chi connectivity index (χ0) is 12.6. The van der Waals surface area contributed by atoms with E-state index in [2.05, 4.69) is 53.8 Å². The lowest BCUT2D eigenvalue weighted by molar-refractivity contribution is 0.271. The number of thiazole rings is 1. The van der Waals surface area contributed by atoms with Crippen molar-refractivity contribution in [2.75, 3.05) is 13.1 Å². The zero-order valence-corrected chi connectivity index (χ0v) is 11.7. The van der Waals surface area contributed by atoms with Crippen LogP contribution in [-0.4, -0.2) is 18.1 Å². The third kappa shape index (κ3) is 1.98. The van der Waals surface area contributed by atoms with Crippen LogP contribution in [0.1, 0.15) is 21.8 Å². The van der Waals surface area contributed by atoms with Gasteiger partial charge in [0, 0.05) is 30.3 Å². The van der Waals surface area contributed by atoms with Gasteiger partial charge in [0.25, 0.3) is 0 Å². The van der Waals surface area contributed by atoms with Crippen molar-refractivity contribution in [1.29, 1.82) is 0 Å². The molecule has 3 rings (SSSR count). The Morgan fingerprint density at radius 3 is 2.61 bits per heavy atom. The number of hydrogen-bond acceptors (Lipinski definition) is 3. The fourth-order valence-electron chi connectivity index (χ4n) is 2.84. The van der Waals surface area contributed by atoms with E-state index in [0.29, 0.717) is 0 Å². The molecule has 2 heterocycles. The molecule has 2 aromatic rings. The molecule has 1 aromatic heterocycles. The smallest absolute Gasteiger partial charge is 0.0897 e. The van der Waals surface area contributed by atoms with E-state index in [-0.39, 0.29) is 5.41 Å². The summed E-state index contributed by atoms with van der Waals surface area (Å²) in [5, 5.41) is 6.80. The standard InChI is InChI=1S/C15H18N2S/c1-11-5-3-4-6-14(11)15(9-16-10-15)7-13-8-18-12(2)17-13/h3-6,8,16H,7,9-10H2,1-2H3. The molecule has 1 fully saturated rings. The molecule has 3 heteroatoms. The van der Waals surface area contributed by atoms with Crippen molar-refractivity contribution < 1.29 is 0 Å². The van der Waals surface area contributed by atoms with Gasteiger partial charge in [0.15, 0.2) is 0 Å². The van der Waals surface area contributed by atoms with Crippen molar-refractivity contribution in [1.82, 2.24) is 10.3 Å². The van der Waals surface area contributed by atoms with Gasteiger partial charge in [-0.25, -0.2) is 4.98 Å². The summed E-state index contributed by atoms with van der Waals surface area (Å²) in [5.41, 5.74) is 4.37. The Balaban J connectivity index is 1.93. The Labute approximate surface area is 112 Å². The number of aromatic nitrogens is 1. The van der Waals surface area contributed by atoms with E-state index in [1.165, 1.54) is 16.8 Å². The quantitative estimate of drug-likeness (QED) is 0.915. The number of nitrogens with zero attached hydrogens (tertiary/aromatic N) is 1. The van der Waals surface area contributed by atoms with Crippen LogP contribution >= 0.6 is 11.3 Å². The molecular weight excluding hydrogens is 240 g/mol. The molecule has 0 atom stereocenters. The third-order valence-corrected chi connectivity index (χ3v) is 4.65. The van der Waals surface area contributed by atoms with Crippen molar-refractivity contribution in [3.05, 3.63) is 51.5 Å². The number of rotatable bonds is 3. The first-order valence-corrected chi connectivity index (χ1v) is 7.25. The monoisotopic (exact) mass is 258 g/mol. The predicted molar refractivity (Wildman–Crippen MR) is 76.3 cm³/mol. The molecule has 0 aliphatic carbocycles. The van der Waals surface area contributed by atoms with Crippen molar-refractivity contribution in [2.24, 2.45) is 0 Å². The molecule has 0 bridgehead atoms. The van der Waals surface area contributed by atoms with Gasteiger partial charge in [-0.2, -0.15) is 0 Å². The zero-order valence-electron chi connectivity index (χ0n) is 10.9. The summed E-state index contributed by atoms with van der Waals surface area (Å²) in [6.07, 6.45) is 1.05. The summed E-state index contributed by atoms with van der Waals surface area (Å²) in [5.74, 6) is 0. The molecule has 1 aliphatic rings. The van der Waals surface area contributed by atoms with E-state index in [1.54, 1.807) is 11.3 Å². The Morgan fingerprint density at radius 1 is 1.28 bits per heavy atom. The predicted octanol–water partition coefficient (Wildman–Crippen LogP) is 2.84. The first-order chi connectivity index (χ1) is 8.70. The molecule has 18 heavy (non-hydrogen) atoms. The molecule has 0 amide bonds. The minimum atomic E-state index is 0.256. The Kier molecular flexibility index (Phi) is 2.96. The maximum Gasteiger partial charge on any atom is 0.0897 e. The molecule has 1 saturated heterocycles. The van der Waals surface area contributed by atoms with Crippen LogP contribution in [0.15, 0.2) is 29.6 Å². The maximum absolute atomic E-state index is 4.62. The topological polar surface area (TPSA) is 24.9 Å². The maximum atomic E-state index is 4.62. The van der Waals surface area contributed by atoms with Crippen LogP contribution in [0.25, 0.3) is 0 Å². The lowest BCUT2D eigenvalue weighted by Crippen LogP contribution is -2.58. The van der Waals surface area contributed by atoms with Crippen LogP contribution in [0.5, 0.6) is 0 Å². The van der Waals surface area contributed by atoms with E-state index < -0.39 is 0 Å². The Hall–Kier alpha value is -1.19. The van der Waals surface area contributed by atoms with Gasteiger partial charge in [0.1, 0.15) is 0 Å². The molecule has 0 spiro atoms. The van der Waals surface area contributed by atoms with Gasteiger partial charge in [-0.05, 0) is 25.0 Å². The minimum absolute atomic E-state index is 0.256. The van der Waals surface area contributed by atoms with Crippen LogP contribution in [0.3, 0.4) is 0 Å². The normalized spacial score (nSPS) is 17.4. The SMILES string of the molecule is Cc1nc(CC2(c3ccccc3C)CNC2)cs1. The number of benzene rings is 1. The van der Waals surface area contributed by atoms with Crippen LogP contribution in [0.2, 0.25) is 0 Å². The van der Waals surface area contributed by atoms with Crippen molar-refractivity contribution in [3.8, 4) is 0 Å². The fraction of sp³-hybridized carbons (Fsp3) is 0.400. The first kappa shape index (κ1) is 11.9. The molecule has 1 N–H and O–H groups in total. The number of hydrogen-bond donors (Lipinski definition) is 1. The van der Waals surface area contributed by atoms with Crippen molar-refractivity contribution >= 4 is 11.3 Å². The summed E-state index contributed by atoms with van der Waals surface area (Å²) in [6, 6.07) is 8.75. The van der Waals surface area contributed by atoms with E-state index >= 15 is 0 Å². The largest absolute Gasteiger partial charge is 0.315 e. The van der Waals surface area contributed by atoms with Gasteiger partial charge >= 0.3 is 0 Å². The highest BCUT2D eigenvalue weighted by Gasteiger charge is 2.40. The van der Waals surface area contributed by atoms with Crippen LogP contribution in [0.4, 0.5) is 0 Å². The molecule has 0 radical (unpaired) electrons. The lowest BCUT2D eigenvalue weighted by atomic mass is 9.70.